The van der Waals surface area contributed by atoms with E-state index in [-0.39, 0.29) is 29.3 Å². The fraction of sp³-hybridized carbons (Fsp3) is 0.143. The summed E-state index contributed by atoms with van der Waals surface area (Å²) in [4.78, 5) is 19.3. The van der Waals surface area contributed by atoms with Gasteiger partial charge in [-0.05, 0) is 28.6 Å². The molecule has 0 bridgehead atoms. The SMILES string of the molecule is O=C(CO)c1cc(F)c(Cn2nnnc2-c2ncccn2)c(F)c1. The number of Topliss-reactive ketones (excluding diaryl/α,β-unsaturated/α-hetero) is 1. The Balaban J connectivity index is 1.96. The molecule has 0 aliphatic heterocycles. The van der Waals surface area contributed by atoms with Gasteiger partial charge in [0.25, 0.3) is 0 Å². The van der Waals surface area contributed by atoms with Crippen LogP contribution >= 0.6 is 0 Å². The number of carbonyl (C=O) groups is 1. The zero-order chi connectivity index (χ0) is 17.1. The molecule has 1 N–H and O–H groups in total. The van der Waals surface area contributed by atoms with Gasteiger partial charge in [-0.1, -0.05) is 0 Å². The fourth-order valence-electron chi connectivity index (χ4n) is 2.04. The van der Waals surface area contributed by atoms with Crippen LogP contribution in [0.2, 0.25) is 0 Å². The number of tetrazole rings is 1. The summed E-state index contributed by atoms with van der Waals surface area (Å²) in [6.45, 7) is -1.15. The van der Waals surface area contributed by atoms with Crippen molar-refractivity contribution in [1.82, 2.24) is 30.2 Å². The highest BCUT2D eigenvalue weighted by atomic mass is 19.1. The number of aliphatic hydroxyl groups excluding tert-OH is 1. The standard InChI is InChI=1S/C14H10F2N6O2/c15-10-4-8(12(24)7-23)5-11(16)9(10)6-22-14(19-20-21-22)13-17-2-1-3-18-13/h1-5,23H,6-7H2. The van der Waals surface area contributed by atoms with Crippen molar-refractivity contribution in [3.05, 3.63) is 53.4 Å². The van der Waals surface area contributed by atoms with Crippen LogP contribution in [-0.2, 0) is 6.54 Å². The summed E-state index contributed by atoms with van der Waals surface area (Å²) in [7, 11) is 0. The minimum absolute atomic E-state index is 0.143. The molecule has 0 fully saturated rings. The molecule has 2 heterocycles. The van der Waals surface area contributed by atoms with Crippen LogP contribution in [0.25, 0.3) is 11.6 Å². The second-order valence-corrected chi connectivity index (χ2v) is 4.73. The van der Waals surface area contributed by atoms with Crippen LogP contribution in [0.4, 0.5) is 8.78 Å². The Morgan fingerprint density at radius 3 is 2.46 bits per heavy atom. The smallest absolute Gasteiger partial charge is 0.220 e. The van der Waals surface area contributed by atoms with E-state index in [4.69, 9.17) is 5.11 Å². The number of carbonyl (C=O) groups excluding carboxylic acids is 1. The first-order valence-corrected chi connectivity index (χ1v) is 6.75. The van der Waals surface area contributed by atoms with Gasteiger partial charge in [-0.3, -0.25) is 4.79 Å². The number of halogens is 2. The lowest BCUT2D eigenvalue weighted by Gasteiger charge is -2.08. The molecule has 122 valence electrons. The molecule has 3 rings (SSSR count). The third kappa shape index (κ3) is 2.99. The molecule has 0 aliphatic rings. The molecular weight excluding hydrogens is 322 g/mol. The molecular formula is C14H10F2N6O2. The Labute approximate surface area is 133 Å². The minimum Gasteiger partial charge on any atom is -0.388 e. The van der Waals surface area contributed by atoms with Gasteiger partial charge in [0.05, 0.1) is 6.54 Å². The summed E-state index contributed by atoms with van der Waals surface area (Å²) in [6, 6.07) is 3.33. The number of aromatic nitrogens is 6. The molecule has 2 aromatic heterocycles. The van der Waals surface area contributed by atoms with E-state index < -0.39 is 24.0 Å². The van der Waals surface area contributed by atoms with Crippen LogP contribution in [0.15, 0.2) is 30.6 Å². The van der Waals surface area contributed by atoms with E-state index in [2.05, 4.69) is 25.5 Å². The molecule has 3 aromatic rings. The van der Waals surface area contributed by atoms with E-state index in [0.29, 0.717) is 0 Å². The van der Waals surface area contributed by atoms with Crippen LogP contribution in [0.5, 0.6) is 0 Å². The monoisotopic (exact) mass is 332 g/mol. The maximum atomic E-state index is 14.1. The van der Waals surface area contributed by atoms with Crippen molar-refractivity contribution in [2.45, 2.75) is 6.54 Å². The molecule has 0 saturated heterocycles. The average Bonchev–Trinajstić information content (AvgIpc) is 3.06. The van der Waals surface area contributed by atoms with Gasteiger partial charge in [0, 0.05) is 23.5 Å². The highest BCUT2D eigenvalue weighted by molar-refractivity contribution is 5.97. The Kier molecular flexibility index (Phi) is 4.29. The van der Waals surface area contributed by atoms with Gasteiger partial charge in [0.15, 0.2) is 11.6 Å². The average molecular weight is 332 g/mol. The van der Waals surface area contributed by atoms with E-state index in [1.165, 1.54) is 12.4 Å². The molecule has 8 nitrogen and oxygen atoms in total. The fourth-order valence-corrected chi connectivity index (χ4v) is 2.04. The predicted molar refractivity (Wildman–Crippen MR) is 75.7 cm³/mol. The molecule has 0 unspecified atom stereocenters. The van der Waals surface area contributed by atoms with Gasteiger partial charge in [-0.15, -0.1) is 5.10 Å². The quantitative estimate of drug-likeness (QED) is 0.683. The highest BCUT2D eigenvalue weighted by Crippen LogP contribution is 2.19. The third-order valence-corrected chi connectivity index (χ3v) is 3.21. The van der Waals surface area contributed by atoms with Crippen molar-refractivity contribution in [3.63, 3.8) is 0 Å². The number of hydrogen-bond donors (Lipinski definition) is 1. The molecule has 0 aliphatic carbocycles. The molecule has 24 heavy (non-hydrogen) atoms. The van der Waals surface area contributed by atoms with Crippen LogP contribution < -0.4 is 0 Å². The minimum atomic E-state index is -0.942. The second kappa shape index (κ2) is 6.54. The number of hydrogen-bond acceptors (Lipinski definition) is 7. The summed E-state index contributed by atoms with van der Waals surface area (Å²) in [6.07, 6.45) is 2.97. The molecule has 0 saturated carbocycles. The van der Waals surface area contributed by atoms with E-state index in [1.807, 2.05) is 0 Å². The second-order valence-electron chi connectivity index (χ2n) is 4.73. The lowest BCUT2D eigenvalue weighted by Crippen LogP contribution is -2.12. The summed E-state index contributed by atoms with van der Waals surface area (Å²) in [5.41, 5.74) is -0.575. The molecule has 0 amide bonds. The Hall–Kier alpha value is -3.14. The van der Waals surface area contributed by atoms with E-state index in [1.54, 1.807) is 6.07 Å². The number of ketones is 1. The number of aliphatic hydroxyl groups is 1. The van der Waals surface area contributed by atoms with Gasteiger partial charge in [0.2, 0.25) is 5.82 Å². The van der Waals surface area contributed by atoms with Crippen LogP contribution in [0, 0.1) is 11.6 Å². The summed E-state index contributed by atoms with van der Waals surface area (Å²) in [5, 5.41) is 19.7. The lowest BCUT2D eigenvalue weighted by atomic mass is 10.1. The maximum Gasteiger partial charge on any atom is 0.220 e. The van der Waals surface area contributed by atoms with Gasteiger partial charge < -0.3 is 5.11 Å². The van der Waals surface area contributed by atoms with Crippen molar-refractivity contribution in [3.8, 4) is 11.6 Å². The molecule has 0 atom stereocenters. The number of nitrogens with zero attached hydrogens (tertiary/aromatic N) is 6. The number of benzene rings is 1. The van der Waals surface area contributed by atoms with Crippen LogP contribution in [0.1, 0.15) is 15.9 Å². The summed E-state index contributed by atoms with van der Waals surface area (Å²) >= 11 is 0. The first-order valence-electron chi connectivity index (χ1n) is 6.75. The van der Waals surface area contributed by atoms with E-state index in [9.17, 15) is 13.6 Å². The van der Waals surface area contributed by atoms with Gasteiger partial charge in [-0.2, -0.15) is 0 Å². The summed E-state index contributed by atoms with van der Waals surface area (Å²) < 4.78 is 29.4. The predicted octanol–water partition coefficient (Wildman–Crippen LogP) is 0.632. The van der Waals surface area contributed by atoms with Crippen LogP contribution in [0.3, 0.4) is 0 Å². The van der Waals surface area contributed by atoms with Gasteiger partial charge in [-0.25, -0.2) is 23.4 Å². The van der Waals surface area contributed by atoms with Crippen molar-refractivity contribution in [2.75, 3.05) is 6.61 Å². The van der Waals surface area contributed by atoms with Crippen molar-refractivity contribution in [1.29, 1.82) is 0 Å². The van der Waals surface area contributed by atoms with E-state index in [0.717, 1.165) is 16.8 Å². The third-order valence-electron chi connectivity index (χ3n) is 3.21. The first kappa shape index (κ1) is 15.7. The molecule has 0 radical (unpaired) electrons. The lowest BCUT2D eigenvalue weighted by molar-refractivity contribution is 0.0902. The maximum absolute atomic E-state index is 14.1. The zero-order valence-corrected chi connectivity index (χ0v) is 12.1. The molecule has 10 heteroatoms. The Morgan fingerprint density at radius 2 is 1.83 bits per heavy atom. The molecule has 1 aromatic carbocycles. The topological polar surface area (TPSA) is 107 Å². The Morgan fingerprint density at radius 1 is 1.17 bits per heavy atom. The summed E-state index contributed by atoms with van der Waals surface area (Å²) in [5.74, 6) is -2.31. The highest BCUT2D eigenvalue weighted by Gasteiger charge is 2.18. The van der Waals surface area contributed by atoms with Crippen molar-refractivity contribution < 1.29 is 18.7 Å². The van der Waals surface area contributed by atoms with Crippen molar-refractivity contribution >= 4 is 5.78 Å². The largest absolute Gasteiger partial charge is 0.388 e. The van der Waals surface area contributed by atoms with Crippen molar-refractivity contribution in [2.24, 2.45) is 0 Å². The number of rotatable bonds is 5. The van der Waals surface area contributed by atoms with Crippen LogP contribution in [-0.4, -0.2) is 47.7 Å². The normalized spacial score (nSPS) is 10.8. The zero-order valence-electron chi connectivity index (χ0n) is 12.1. The first-order chi connectivity index (χ1) is 11.6. The molecule has 0 spiro atoms. The Bertz CT molecular complexity index is 861. The van der Waals surface area contributed by atoms with Gasteiger partial charge in [0.1, 0.15) is 18.2 Å². The van der Waals surface area contributed by atoms with Gasteiger partial charge >= 0.3 is 0 Å². The van der Waals surface area contributed by atoms with E-state index >= 15 is 0 Å².